The highest BCUT2D eigenvalue weighted by Crippen LogP contribution is 2.28. The highest BCUT2D eigenvalue weighted by atomic mass is 16.5. The second kappa shape index (κ2) is 8.14. The molecule has 1 aliphatic rings. The summed E-state index contributed by atoms with van der Waals surface area (Å²) in [5.41, 5.74) is 1.41. The molecule has 142 valence electrons. The minimum atomic E-state index is -0.0926. The predicted octanol–water partition coefficient (Wildman–Crippen LogP) is 1.83. The van der Waals surface area contributed by atoms with Crippen molar-refractivity contribution in [2.75, 3.05) is 33.4 Å². The smallest absolute Gasteiger partial charge is 0.252 e. The van der Waals surface area contributed by atoms with Gasteiger partial charge in [0.05, 0.1) is 18.4 Å². The molecule has 1 saturated heterocycles. The first-order chi connectivity index (χ1) is 12.5. The molecule has 1 aliphatic heterocycles. The number of piperidine rings is 1. The van der Waals surface area contributed by atoms with Crippen molar-refractivity contribution in [3.8, 4) is 0 Å². The summed E-state index contributed by atoms with van der Waals surface area (Å²) in [5, 5.41) is 11.7. The molecule has 0 aromatic carbocycles. The number of rotatable bonds is 7. The lowest BCUT2D eigenvalue weighted by atomic mass is 9.79. The van der Waals surface area contributed by atoms with Crippen LogP contribution in [0.5, 0.6) is 0 Å². The number of amides is 1. The molecular weight excluding hydrogens is 330 g/mol. The standard InChI is InChI=1S/C19H29N5O2/c1-14(2)11-24-17-15(10-23-24)8-16(9-21-17)18(25)22-12-19(13-26-3)4-6-20-7-5-19/h8-10,14,20H,4-7,11-13H2,1-3H3,(H,22,25). The van der Waals surface area contributed by atoms with Crippen molar-refractivity contribution in [3.63, 3.8) is 0 Å². The van der Waals surface area contributed by atoms with Crippen molar-refractivity contribution >= 4 is 16.9 Å². The topological polar surface area (TPSA) is 81.1 Å². The van der Waals surface area contributed by atoms with Crippen LogP contribution in [0.25, 0.3) is 11.0 Å². The van der Waals surface area contributed by atoms with Gasteiger partial charge in [-0.05, 0) is 37.9 Å². The number of nitrogens with zero attached hydrogens (tertiary/aromatic N) is 3. The predicted molar refractivity (Wildman–Crippen MR) is 101 cm³/mol. The molecule has 26 heavy (non-hydrogen) atoms. The van der Waals surface area contributed by atoms with E-state index in [9.17, 15) is 4.79 Å². The number of carbonyl (C=O) groups excluding carboxylic acids is 1. The third-order valence-electron chi connectivity index (χ3n) is 5.01. The van der Waals surface area contributed by atoms with Crippen LogP contribution < -0.4 is 10.6 Å². The Bertz CT molecular complexity index is 744. The number of hydrogen-bond donors (Lipinski definition) is 2. The number of fused-ring (bicyclic) bond motifs is 1. The first kappa shape index (κ1) is 18.8. The fourth-order valence-corrected chi connectivity index (χ4v) is 3.58. The normalized spacial score (nSPS) is 16.9. The molecule has 0 unspecified atom stereocenters. The molecule has 0 radical (unpaired) electrons. The van der Waals surface area contributed by atoms with Gasteiger partial charge in [0.2, 0.25) is 0 Å². The Labute approximate surface area is 154 Å². The molecule has 7 nitrogen and oxygen atoms in total. The molecule has 7 heteroatoms. The maximum atomic E-state index is 12.6. The quantitative estimate of drug-likeness (QED) is 0.788. The van der Waals surface area contributed by atoms with E-state index in [4.69, 9.17) is 4.74 Å². The monoisotopic (exact) mass is 359 g/mol. The van der Waals surface area contributed by atoms with Gasteiger partial charge >= 0.3 is 0 Å². The molecular formula is C19H29N5O2. The van der Waals surface area contributed by atoms with Crippen molar-refractivity contribution in [3.05, 3.63) is 24.0 Å². The zero-order chi connectivity index (χ0) is 18.6. The van der Waals surface area contributed by atoms with Crippen LogP contribution in [0.15, 0.2) is 18.5 Å². The minimum absolute atomic E-state index is 0.00926. The average Bonchev–Trinajstić information content (AvgIpc) is 3.02. The maximum Gasteiger partial charge on any atom is 0.252 e. The van der Waals surface area contributed by atoms with Crippen LogP contribution in [0.2, 0.25) is 0 Å². The van der Waals surface area contributed by atoms with Gasteiger partial charge < -0.3 is 15.4 Å². The molecule has 0 aliphatic carbocycles. The van der Waals surface area contributed by atoms with Gasteiger partial charge in [-0.1, -0.05) is 13.8 Å². The third-order valence-corrected chi connectivity index (χ3v) is 5.01. The van der Waals surface area contributed by atoms with E-state index >= 15 is 0 Å². The maximum absolute atomic E-state index is 12.6. The van der Waals surface area contributed by atoms with E-state index in [2.05, 4.69) is 34.6 Å². The molecule has 2 aromatic rings. The largest absolute Gasteiger partial charge is 0.384 e. The number of nitrogens with one attached hydrogen (secondary N) is 2. The van der Waals surface area contributed by atoms with Gasteiger partial charge in [0.1, 0.15) is 0 Å². The molecule has 3 heterocycles. The van der Waals surface area contributed by atoms with Crippen LogP contribution >= 0.6 is 0 Å². The molecule has 2 aromatic heterocycles. The zero-order valence-corrected chi connectivity index (χ0v) is 15.9. The molecule has 0 atom stereocenters. The van der Waals surface area contributed by atoms with Gasteiger partial charge in [-0.2, -0.15) is 5.10 Å². The fourth-order valence-electron chi connectivity index (χ4n) is 3.58. The van der Waals surface area contributed by atoms with E-state index in [-0.39, 0.29) is 11.3 Å². The number of carbonyl (C=O) groups is 1. The van der Waals surface area contributed by atoms with Gasteiger partial charge in [0.15, 0.2) is 5.65 Å². The SMILES string of the molecule is COCC1(CNC(=O)c2cnc3c(cnn3CC(C)C)c2)CCNCC1. The summed E-state index contributed by atoms with van der Waals surface area (Å²) in [5.74, 6) is 0.398. The summed E-state index contributed by atoms with van der Waals surface area (Å²) in [7, 11) is 1.72. The Kier molecular flexibility index (Phi) is 5.88. The van der Waals surface area contributed by atoms with E-state index in [0.717, 1.165) is 43.5 Å². The van der Waals surface area contributed by atoms with Crippen LogP contribution in [0.3, 0.4) is 0 Å². The molecule has 2 N–H and O–H groups in total. The van der Waals surface area contributed by atoms with Crippen molar-refractivity contribution in [2.24, 2.45) is 11.3 Å². The van der Waals surface area contributed by atoms with Crippen LogP contribution in [0.4, 0.5) is 0 Å². The van der Waals surface area contributed by atoms with E-state index < -0.39 is 0 Å². The van der Waals surface area contributed by atoms with E-state index in [1.807, 2.05) is 10.7 Å². The Hall–Kier alpha value is -1.99. The van der Waals surface area contributed by atoms with Crippen molar-refractivity contribution in [1.29, 1.82) is 0 Å². The molecule has 0 spiro atoms. The van der Waals surface area contributed by atoms with Crippen molar-refractivity contribution in [1.82, 2.24) is 25.4 Å². The zero-order valence-electron chi connectivity index (χ0n) is 15.9. The van der Waals surface area contributed by atoms with Crippen molar-refractivity contribution < 1.29 is 9.53 Å². The van der Waals surface area contributed by atoms with Crippen LogP contribution in [-0.2, 0) is 11.3 Å². The number of methoxy groups -OCH3 is 1. The molecule has 0 saturated carbocycles. The first-order valence-electron chi connectivity index (χ1n) is 9.32. The van der Waals surface area contributed by atoms with Gasteiger partial charge in [0, 0.05) is 37.2 Å². The van der Waals surface area contributed by atoms with Gasteiger partial charge in [-0.3, -0.25) is 4.79 Å². The number of ether oxygens (including phenoxy) is 1. The molecule has 3 rings (SSSR count). The number of aromatic nitrogens is 3. The molecule has 1 amide bonds. The third kappa shape index (κ3) is 4.22. The van der Waals surface area contributed by atoms with E-state index in [0.29, 0.717) is 24.6 Å². The fraction of sp³-hybridized carbons (Fsp3) is 0.632. The Morgan fingerprint density at radius 1 is 1.38 bits per heavy atom. The summed E-state index contributed by atoms with van der Waals surface area (Å²) in [6, 6.07) is 1.87. The minimum Gasteiger partial charge on any atom is -0.384 e. The highest BCUT2D eigenvalue weighted by Gasteiger charge is 2.32. The van der Waals surface area contributed by atoms with E-state index in [1.54, 1.807) is 19.5 Å². The van der Waals surface area contributed by atoms with Gasteiger partial charge in [-0.15, -0.1) is 0 Å². The Balaban J connectivity index is 1.69. The molecule has 0 bridgehead atoms. The average molecular weight is 359 g/mol. The Morgan fingerprint density at radius 3 is 2.85 bits per heavy atom. The van der Waals surface area contributed by atoms with Gasteiger partial charge in [-0.25, -0.2) is 9.67 Å². The van der Waals surface area contributed by atoms with E-state index in [1.165, 1.54) is 0 Å². The number of hydrogen-bond acceptors (Lipinski definition) is 5. The second-order valence-corrected chi connectivity index (χ2v) is 7.72. The lowest BCUT2D eigenvalue weighted by Gasteiger charge is -2.37. The lowest BCUT2D eigenvalue weighted by molar-refractivity contribution is 0.0511. The number of pyridine rings is 1. The highest BCUT2D eigenvalue weighted by molar-refractivity contribution is 5.96. The van der Waals surface area contributed by atoms with Gasteiger partial charge in [0.25, 0.3) is 5.91 Å². The van der Waals surface area contributed by atoms with Crippen LogP contribution in [-0.4, -0.2) is 54.0 Å². The summed E-state index contributed by atoms with van der Waals surface area (Å²) < 4.78 is 7.31. The Morgan fingerprint density at radius 2 is 2.15 bits per heavy atom. The summed E-state index contributed by atoms with van der Waals surface area (Å²) in [6.45, 7) is 8.30. The summed E-state index contributed by atoms with van der Waals surface area (Å²) >= 11 is 0. The summed E-state index contributed by atoms with van der Waals surface area (Å²) in [4.78, 5) is 17.1. The molecule has 1 fully saturated rings. The van der Waals surface area contributed by atoms with Crippen molar-refractivity contribution in [2.45, 2.75) is 33.2 Å². The first-order valence-corrected chi connectivity index (χ1v) is 9.32. The lowest BCUT2D eigenvalue weighted by Crippen LogP contribution is -2.47. The second-order valence-electron chi connectivity index (χ2n) is 7.72. The van der Waals surface area contributed by atoms with Crippen LogP contribution in [0, 0.1) is 11.3 Å². The summed E-state index contributed by atoms with van der Waals surface area (Å²) in [6.07, 6.45) is 5.42. The van der Waals surface area contributed by atoms with Crippen LogP contribution in [0.1, 0.15) is 37.0 Å².